The third kappa shape index (κ3) is 4.68. The molecule has 26 heavy (non-hydrogen) atoms. The van der Waals surface area contributed by atoms with E-state index in [9.17, 15) is 0 Å². The van der Waals surface area contributed by atoms with Gasteiger partial charge in [-0.1, -0.05) is 58.3 Å². The highest BCUT2D eigenvalue weighted by atomic mass is 15.2. The lowest BCUT2D eigenvalue weighted by Gasteiger charge is -2.49. The lowest BCUT2D eigenvalue weighted by atomic mass is 9.70. The highest BCUT2D eigenvalue weighted by Gasteiger charge is 2.37. The predicted octanol–water partition coefficient (Wildman–Crippen LogP) is 7.34. The molecule has 0 N–H and O–H groups in total. The van der Waals surface area contributed by atoms with Gasteiger partial charge in [-0.3, -0.25) is 4.90 Å². The summed E-state index contributed by atoms with van der Waals surface area (Å²) in [7, 11) is 0. The van der Waals surface area contributed by atoms with Crippen LogP contribution in [0.15, 0.2) is 0 Å². The average Bonchev–Trinajstić information content (AvgIpc) is 2.71. The maximum Gasteiger partial charge on any atom is 0.0101 e. The number of nitrogens with zero attached hydrogens (tertiary/aromatic N) is 1. The molecule has 0 aromatic rings. The lowest BCUT2D eigenvalue weighted by molar-refractivity contribution is 0.00829. The van der Waals surface area contributed by atoms with Crippen molar-refractivity contribution in [1.29, 1.82) is 0 Å². The van der Waals surface area contributed by atoms with Gasteiger partial charge in [0.25, 0.3) is 0 Å². The van der Waals surface area contributed by atoms with Crippen molar-refractivity contribution in [1.82, 2.24) is 4.90 Å². The molecule has 0 spiro atoms. The minimum Gasteiger partial charge on any atom is -0.294 e. The molecule has 0 bridgehead atoms. The van der Waals surface area contributed by atoms with E-state index in [2.05, 4.69) is 11.8 Å². The van der Waals surface area contributed by atoms with Crippen LogP contribution in [0.2, 0.25) is 0 Å². The Morgan fingerprint density at radius 3 is 1.27 bits per heavy atom. The Hall–Kier alpha value is -0.0400. The van der Waals surface area contributed by atoms with Crippen LogP contribution in [0, 0.1) is 17.8 Å². The third-order valence-electron chi connectivity index (χ3n) is 8.88. The van der Waals surface area contributed by atoms with Gasteiger partial charge in [-0.05, 0) is 82.0 Å². The lowest BCUT2D eigenvalue weighted by Crippen LogP contribution is -2.52. The van der Waals surface area contributed by atoms with Crippen LogP contribution in [0.3, 0.4) is 0 Å². The fourth-order valence-corrected chi connectivity index (χ4v) is 7.28. The second-order valence-corrected chi connectivity index (χ2v) is 10.6. The summed E-state index contributed by atoms with van der Waals surface area (Å²) in [6.45, 7) is 2.47. The predicted molar refractivity (Wildman–Crippen MR) is 112 cm³/mol. The molecular weight excluding hydrogens is 314 g/mol. The van der Waals surface area contributed by atoms with Crippen LogP contribution in [0.25, 0.3) is 0 Å². The molecule has 1 heteroatoms. The fraction of sp³-hybridized carbons (Fsp3) is 1.00. The molecule has 0 amide bonds. The summed E-state index contributed by atoms with van der Waals surface area (Å²) in [5.41, 5.74) is 0. The van der Waals surface area contributed by atoms with E-state index in [-0.39, 0.29) is 0 Å². The van der Waals surface area contributed by atoms with E-state index in [0.717, 1.165) is 35.9 Å². The fourth-order valence-electron chi connectivity index (χ4n) is 7.28. The summed E-state index contributed by atoms with van der Waals surface area (Å²) in [6, 6.07) is 2.84. The van der Waals surface area contributed by atoms with Crippen LogP contribution in [-0.4, -0.2) is 23.0 Å². The summed E-state index contributed by atoms with van der Waals surface area (Å²) >= 11 is 0. The molecule has 0 aromatic carbocycles. The Labute approximate surface area is 163 Å². The van der Waals surface area contributed by atoms with Crippen LogP contribution in [0.1, 0.15) is 122 Å². The molecule has 150 valence electrons. The highest BCUT2D eigenvalue weighted by molar-refractivity contribution is 4.92. The molecule has 0 radical (unpaired) electrons. The topological polar surface area (TPSA) is 3.24 Å². The molecule has 4 aliphatic carbocycles. The van der Waals surface area contributed by atoms with E-state index in [1.54, 1.807) is 25.7 Å². The zero-order chi connectivity index (χ0) is 17.8. The van der Waals surface area contributed by atoms with Crippen molar-refractivity contribution in [3.05, 3.63) is 0 Å². The van der Waals surface area contributed by atoms with Gasteiger partial charge in [-0.2, -0.15) is 0 Å². The molecule has 1 nitrogen and oxygen atoms in total. The summed E-state index contributed by atoms with van der Waals surface area (Å²) in [4.78, 5) is 3.15. The van der Waals surface area contributed by atoms with Crippen molar-refractivity contribution in [2.75, 3.05) is 0 Å². The molecule has 0 heterocycles. The molecule has 0 aromatic heterocycles. The van der Waals surface area contributed by atoms with Gasteiger partial charge in [0.1, 0.15) is 0 Å². The molecule has 4 saturated carbocycles. The second-order valence-electron chi connectivity index (χ2n) is 10.6. The van der Waals surface area contributed by atoms with Crippen molar-refractivity contribution < 1.29 is 0 Å². The van der Waals surface area contributed by atoms with Crippen molar-refractivity contribution in [2.24, 2.45) is 17.8 Å². The van der Waals surface area contributed by atoms with E-state index in [0.29, 0.717) is 0 Å². The SMILES string of the molecule is CC1CCC(C2CCC(N(C3CCCCC3)C3CCCCC3)CC2)CC1. The standard InChI is InChI=1S/C25H45N/c1-20-12-14-21(15-13-20)22-16-18-25(19-17-22)26(23-8-4-2-5-9-23)24-10-6-3-7-11-24/h20-25H,2-19H2,1H3. The van der Waals surface area contributed by atoms with Crippen LogP contribution in [-0.2, 0) is 0 Å². The van der Waals surface area contributed by atoms with E-state index in [1.807, 2.05) is 0 Å². The first-order chi connectivity index (χ1) is 12.8. The van der Waals surface area contributed by atoms with Crippen LogP contribution in [0.4, 0.5) is 0 Å². The first kappa shape index (κ1) is 19.3. The Bertz CT molecular complexity index is 372. The summed E-state index contributed by atoms with van der Waals surface area (Å²) in [5, 5.41) is 0. The maximum absolute atomic E-state index is 3.15. The Balaban J connectivity index is 1.35. The molecule has 4 fully saturated rings. The van der Waals surface area contributed by atoms with Gasteiger partial charge < -0.3 is 0 Å². The number of hydrogen-bond acceptors (Lipinski definition) is 1. The normalized spacial score (nSPS) is 38.5. The Morgan fingerprint density at radius 1 is 0.423 bits per heavy atom. The number of rotatable bonds is 4. The quantitative estimate of drug-likeness (QED) is 0.507. The van der Waals surface area contributed by atoms with E-state index in [1.165, 1.54) is 89.9 Å². The van der Waals surface area contributed by atoms with Crippen LogP contribution >= 0.6 is 0 Å². The Kier molecular flexibility index (Phi) is 7.00. The molecule has 4 rings (SSSR count). The smallest absolute Gasteiger partial charge is 0.0101 e. The molecule has 4 aliphatic rings. The van der Waals surface area contributed by atoms with Crippen LogP contribution in [0.5, 0.6) is 0 Å². The van der Waals surface area contributed by atoms with Gasteiger partial charge >= 0.3 is 0 Å². The van der Waals surface area contributed by atoms with Gasteiger partial charge in [0.05, 0.1) is 0 Å². The maximum atomic E-state index is 3.15. The summed E-state index contributed by atoms with van der Waals surface area (Å²) < 4.78 is 0. The van der Waals surface area contributed by atoms with Crippen molar-refractivity contribution in [3.63, 3.8) is 0 Å². The van der Waals surface area contributed by atoms with Gasteiger partial charge in [-0.15, -0.1) is 0 Å². The molecule has 0 unspecified atom stereocenters. The summed E-state index contributed by atoms with van der Waals surface area (Å²) in [6.07, 6.45) is 27.4. The minimum absolute atomic E-state index is 0.944. The van der Waals surface area contributed by atoms with Crippen LogP contribution < -0.4 is 0 Å². The molecular formula is C25H45N. The van der Waals surface area contributed by atoms with Gasteiger partial charge in [-0.25, -0.2) is 0 Å². The third-order valence-corrected chi connectivity index (χ3v) is 8.88. The largest absolute Gasteiger partial charge is 0.294 e. The van der Waals surface area contributed by atoms with E-state index >= 15 is 0 Å². The van der Waals surface area contributed by atoms with Crippen molar-refractivity contribution in [2.45, 2.75) is 141 Å². The minimum atomic E-state index is 0.944. The first-order valence-corrected chi connectivity index (χ1v) is 12.6. The zero-order valence-electron chi connectivity index (χ0n) is 17.6. The zero-order valence-corrected chi connectivity index (χ0v) is 17.6. The van der Waals surface area contributed by atoms with E-state index < -0.39 is 0 Å². The summed E-state index contributed by atoms with van der Waals surface area (Å²) in [5.74, 6) is 3.18. The first-order valence-electron chi connectivity index (χ1n) is 12.6. The van der Waals surface area contributed by atoms with Gasteiger partial charge in [0.15, 0.2) is 0 Å². The Morgan fingerprint density at radius 2 is 0.808 bits per heavy atom. The monoisotopic (exact) mass is 359 g/mol. The van der Waals surface area contributed by atoms with Gasteiger partial charge in [0, 0.05) is 18.1 Å². The van der Waals surface area contributed by atoms with Crippen molar-refractivity contribution in [3.8, 4) is 0 Å². The molecule has 0 atom stereocenters. The number of hydrogen-bond donors (Lipinski definition) is 0. The van der Waals surface area contributed by atoms with E-state index in [4.69, 9.17) is 0 Å². The van der Waals surface area contributed by atoms with Gasteiger partial charge in [0.2, 0.25) is 0 Å². The highest BCUT2D eigenvalue weighted by Crippen LogP contribution is 2.43. The molecule has 0 saturated heterocycles. The average molecular weight is 360 g/mol. The molecule has 0 aliphatic heterocycles. The second kappa shape index (κ2) is 9.44. The van der Waals surface area contributed by atoms with Crippen molar-refractivity contribution >= 4 is 0 Å².